The van der Waals surface area contributed by atoms with Gasteiger partial charge in [-0.1, -0.05) is 13.8 Å². The molecule has 0 aromatic rings. The maximum absolute atomic E-state index is 12.5. The molecule has 0 saturated carbocycles. The summed E-state index contributed by atoms with van der Waals surface area (Å²) in [6, 6.07) is -0.738. The fourth-order valence-electron chi connectivity index (χ4n) is 3.59. The molecule has 7 nitrogen and oxygen atoms in total. The number of nitrogens with zero attached hydrogens (tertiary/aromatic N) is 2. The van der Waals surface area contributed by atoms with Crippen LogP contribution in [0.4, 0.5) is 4.79 Å². The topological polar surface area (TPSA) is 73.9 Å². The number of amides is 3. The lowest BCUT2D eigenvalue weighted by molar-refractivity contribution is -0.131. The Morgan fingerprint density at radius 2 is 1.96 bits per heavy atom. The standard InChI is InChI=1S/C18H34N4O3S/c1-14(2)11-15(16(23)21(3)4)20-17(24)19-12-18(5-10-26-13-18)22-6-8-25-9-7-22/h14-15H,5-13H2,1-4H3,(H2,19,20,24)/t15-,18-/m1/s1. The lowest BCUT2D eigenvalue weighted by atomic mass is 9.95. The van der Waals surface area contributed by atoms with Crippen molar-refractivity contribution in [3.63, 3.8) is 0 Å². The Hall–Kier alpha value is -0.990. The van der Waals surface area contributed by atoms with Crippen LogP contribution in [0.3, 0.4) is 0 Å². The van der Waals surface area contributed by atoms with Gasteiger partial charge < -0.3 is 20.3 Å². The summed E-state index contributed by atoms with van der Waals surface area (Å²) in [7, 11) is 3.44. The van der Waals surface area contributed by atoms with E-state index in [9.17, 15) is 9.59 Å². The van der Waals surface area contributed by atoms with Gasteiger partial charge in [0.2, 0.25) is 5.91 Å². The Bertz CT molecular complexity index is 475. The summed E-state index contributed by atoms with van der Waals surface area (Å²) in [4.78, 5) is 28.8. The van der Waals surface area contributed by atoms with E-state index in [4.69, 9.17) is 4.74 Å². The van der Waals surface area contributed by atoms with Crippen LogP contribution in [0.1, 0.15) is 26.7 Å². The molecule has 0 radical (unpaired) electrons. The molecule has 2 aliphatic rings. The Morgan fingerprint density at radius 3 is 2.50 bits per heavy atom. The highest BCUT2D eigenvalue weighted by Crippen LogP contribution is 2.33. The third-order valence-electron chi connectivity index (χ3n) is 5.09. The second-order valence-corrected chi connectivity index (χ2v) is 8.97. The molecular formula is C18H34N4O3S. The molecule has 0 spiro atoms. The van der Waals surface area contributed by atoms with Gasteiger partial charge in [-0.15, -0.1) is 0 Å². The van der Waals surface area contributed by atoms with Crippen LogP contribution in [0.25, 0.3) is 0 Å². The number of likely N-dealkylation sites (N-methyl/N-ethyl adjacent to an activating group) is 1. The molecule has 2 N–H and O–H groups in total. The molecule has 0 unspecified atom stereocenters. The Morgan fingerprint density at radius 1 is 1.27 bits per heavy atom. The predicted octanol–water partition coefficient (Wildman–Crippen LogP) is 0.996. The normalized spacial score (nSPS) is 25.1. The first-order valence-electron chi connectivity index (χ1n) is 9.50. The van der Waals surface area contributed by atoms with Gasteiger partial charge in [0, 0.05) is 45.0 Å². The summed E-state index contributed by atoms with van der Waals surface area (Å²) in [6.45, 7) is 8.06. The third kappa shape index (κ3) is 5.76. The number of carbonyl (C=O) groups excluding carboxylic acids is 2. The maximum Gasteiger partial charge on any atom is 0.315 e. The van der Waals surface area contributed by atoms with E-state index in [0.29, 0.717) is 18.9 Å². The molecule has 2 fully saturated rings. The van der Waals surface area contributed by atoms with Gasteiger partial charge in [-0.2, -0.15) is 11.8 Å². The molecule has 2 saturated heterocycles. The number of thioether (sulfide) groups is 1. The first-order chi connectivity index (χ1) is 12.3. The van der Waals surface area contributed by atoms with Crippen molar-refractivity contribution in [1.29, 1.82) is 0 Å². The minimum Gasteiger partial charge on any atom is -0.379 e. The lowest BCUT2D eigenvalue weighted by Crippen LogP contribution is -2.60. The molecule has 2 rings (SSSR count). The first kappa shape index (κ1) is 21.3. The minimum atomic E-state index is -0.484. The van der Waals surface area contributed by atoms with E-state index in [1.807, 2.05) is 11.8 Å². The van der Waals surface area contributed by atoms with Crippen molar-refractivity contribution in [2.75, 3.05) is 58.4 Å². The zero-order valence-corrected chi connectivity index (χ0v) is 17.4. The van der Waals surface area contributed by atoms with Crippen LogP contribution in [-0.4, -0.2) is 91.8 Å². The van der Waals surface area contributed by atoms with Crippen molar-refractivity contribution in [1.82, 2.24) is 20.4 Å². The average molecular weight is 387 g/mol. The van der Waals surface area contributed by atoms with Crippen molar-refractivity contribution >= 4 is 23.7 Å². The van der Waals surface area contributed by atoms with Crippen molar-refractivity contribution < 1.29 is 14.3 Å². The molecule has 150 valence electrons. The zero-order chi connectivity index (χ0) is 19.2. The highest BCUT2D eigenvalue weighted by Gasteiger charge is 2.41. The summed E-state index contributed by atoms with van der Waals surface area (Å²) in [5, 5.41) is 5.93. The van der Waals surface area contributed by atoms with Crippen LogP contribution in [0.15, 0.2) is 0 Å². The van der Waals surface area contributed by atoms with E-state index < -0.39 is 6.04 Å². The number of nitrogens with one attached hydrogen (secondary N) is 2. The van der Waals surface area contributed by atoms with E-state index in [2.05, 4.69) is 29.4 Å². The monoisotopic (exact) mass is 386 g/mol. The molecular weight excluding hydrogens is 352 g/mol. The van der Waals surface area contributed by atoms with Crippen LogP contribution in [-0.2, 0) is 9.53 Å². The fourth-order valence-corrected chi connectivity index (χ4v) is 5.07. The minimum absolute atomic E-state index is 0.00485. The van der Waals surface area contributed by atoms with E-state index in [1.165, 1.54) is 4.90 Å². The van der Waals surface area contributed by atoms with Gasteiger partial charge in [0.25, 0.3) is 0 Å². The molecule has 26 heavy (non-hydrogen) atoms. The number of hydrogen-bond acceptors (Lipinski definition) is 5. The zero-order valence-electron chi connectivity index (χ0n) is 16.5. The molecule has 2 atom stereocenters. The van der Waals surface area contributed by atoms with Gasteiger partial charge in [-0.25, -0.2) is 4.79 Å². The second-order valence-electron chi connectivity index (χ2n) is 7.87. The summed E-state index contributed by atoms with van der Waals surface area (Å²) < 4.78 is 5.48. The third-order valence-corrected chi connectivity index (χ3v) is 6.33. The van der Waals surface area contributed by atoms with Gasteiger partial charge in [-0.05, 0) is 24.5 Å². The van der Waals surface area contributed by atoms with Crippen LogP contribution in [0.2, 0.25) is 0 Å². The highest BCUT2D eigenvalue weighted by molar-refractivity contribution is 7.99. The van der Waals surface area contributed by atoms with Gasteiger partial charge in [0.1, 0.15) is 6.04 Å². The second kappa shape index (κ2) is 9.80. The van der Waals surface area contributed by atoms with Crippen LogP contribution in [0.5, 0.6) is 0 Å². The summed E-state index contributed by atoms with van der Waals surface area (Å²) in [5.41, 5.74) is 0.00485. The van der Waals surface area contributed by atoms with Crippen molar-refractivity contribution in [3.8, 4) is 0 Å². The Labute approximate surface area is 161 Å². The maximum atomic E-state index is 12.5. The summed E-state index contributed by atoms with van der Waals surface area (Å²) in [6.07, 6.45) is 1.71. The van der Waals surface area contributed by atoms with E-state index in [0.717, 1.165) is 44.2 Å². The van der Waals surface area contributed by atoms with Gasteiger partial charge in [0.15, 0.2) is 0 Å². The number of hydrogen-bond donors (Lipinski definition) is 2. The Kier molecular flexibility index (Phi) is 8.04. The lowest BCUT2D eigenvalue weighted by Gasteiger charge is -2.43. The first-order valence-corrected chi connectivity index (χ1v) is 10.7. The van der Waals surface area contributed by atoms with Crippen LogP contribution in [0, 0.1) is 5.92 Å². The van der Waals surface area contributed by atoms with E-state index in [-0.39, 0.29) is 17.5 Å². The summed E-state index contributed by atoms with van der Waals surface area (Å²) in [5.74, 6) is 2.41. The average Bonchev–Trinajstić information content (AvgIpc) is 3.09. The molecule has 0 aliphatic carbocycles. The highest BCUT2D eigenvalue weighted by atomic mass is 32.2. The number of rotatable bonds is 7. The van der Waals surface area contributed by atoms with Gasteiger partial charge in [0.05, 0.1) is 13.2 Å². The number of carbonyl (C=O) groups is 2. The predicted molar refractivity (Wildman–Crippen MR) is 106 cm³/mol. The number of urea groups is 1. The smallest absolute Gasteiger partial charge is 0.315 e. The number of morpholine rings is 1. The van der Waals surface area contributed by atoms with Gasteiger partial charge in [-0.3, -0.25) is 9.69 Å². The van der Waals surface area contributed by atoms with E-state index >= 15 is 0 Å². The molecule has 0 aromatic carbocycles. The van der Waals surface area contributed by atoms with E-state index in [1.54, 1.807) is 14.1 Å². The summed E-state index contributed by atoms with van der Waals surface area (Å²) >= 11 is 1.94. The molecule has 0 aromatic heterocycles. The van der Waals surface area contributed by atoms with Crippen LogP contribution >= 0.6 is 11.8 Å². The SMILES string of the molecule is CC(C)C[C@@H](NC(=O)NC[C@]1(N2CCOCC2)CCSC1)C(=O)N(C)C. The Balaban J connectivity index is 1.93. The molecule has 8 heteroatoms. The van der Waals surface area contributed by atoms with Crippen molar-refractivity contribution in [2.24, 2.45) is 5.92 Å². The van der Waals surface area contributed by atoms with Crippen LogP contribution < -0.4 is 10.6 Å². The molecule has 2 aliphatic heterocycles. The van der Waals surface area contributed by atoms with Gasteiger partial charge >= 0.3 is 6.03 Å². The van der Waals surface area contributed by atoms with Crippen molar-refractivity contribution in [2.45, 2.75) is 38.3 Å². The number of ether oxygens (including phenoxy) is 1. The van der Waals surface area contributed by atoms with Crippen molar-refractivity contribution in [3.05, 3.63) is 0 Å². The molecule has 0 bridgehead atoms. The molecule has 2 heterocycles. The quantitative estimate of drug-likeness (QED) is 0.683. The largest absolute Gasteiger partial charge is 0.379 e. The molecule has 3 amide bonds. The fraction of sp³-hybridized carbons (Fsp3) is 0.889.